The average Bonchev–Trinajstić information content (AvgIpc) is 2.47. The van der Waals surface area contributed by atoms with E-state index in [1.54, 1.807) is 37.1 Å². The molecule has 20 heavy (non-hydrogen) atoms. The minimum Gasteiger partial charge on any atom is -0.496 e. The monoisotopic (exact) mass is 295 g/mol. The third kappa shape index (κ3) is 2.90. The van der Waals surface area contributed by atoms with Crippen molar-refractivity contribution in [2.75, 3.05) is 25.2 Å². The van der Waals surface area contributed by atoms with E-state index in [1.165, 1.54) is 4.90 Å². The molecule has 0 saturated carbocycles. The number of thioether (sulfide) groups is 1. The lowest BCUT2D eigenvalue weighted by molar-refractivity contribution is -0.141. The quantitative estimate of drug-likeness (QED) is 0.918. The summed E-state index contributed by atoms with van der Waals surface area (Å²) < 4.78 is 5.21. The van der Waals surface area contributed by atoms with Crippen LogP contribution in [0.4, 0.5) is 0 Å². The van der Waals surface area contributed by atoms with Gasteiger partial charge in [0.15, 0.2) is 0 Å². The van der Waals surface area contributed by atoms with E-state index in [0.717, 1.165) is 11.3 Å². The zero-order chi connectivity index (χ0) is 14.7. The van der Waals surface area contributed by atoms with E-state index in [4.69, 9.17) is 4.74 Å². The highest BCUT2D eigenvalue weighted by molar-refractivity contribution is 7.99. The molecule has 108 valence electrons. The van der Waals surface area contributed by atoms with Gasteiger partial charge in [-0.25, -0.2) is 4.79 Å². The van der Waals surface area contributed by atoms with Gasteiger partial charge in [0.25, 0.3) is 5.91 Å². The van der Waals surface area contributed by atoms with Gasteiger partial charge in [0, 0.05) is 23.6 Å². The molecule has 1 N–H and O–H groups in total. The molecule has 0 aliphatic carbocycles. The Bertz CT molecular complexity index is 532. The van der Waals surface area contributed by atoms with Gasteiger partial charge in [0.1, 0.15) is 11.8 Å². The first-order chi connectivity index (χ1) is 9.54. The number of benzene rings is 1. The van der Waals surface area contributed by atoms with Crippen molar-refractivity contribution in [2.45, 2.75) is 13.0 Å². The fourth-order valence-corrected chi connectivity index (χ4v) is 3.21. The maximum absolute atomic E-state index is 12.5. The van der Waals surface area contributed by atoms with E-state index in [-0.39, 0.29) is 5.91 Å². The van der Waals surface area contributed by atoms with Crippen LogP contribution < -0.4 is 4.74 Å². The summed E-state index contributed by atoms with van der Waals surface area (Å²) in [7, 11) is 1.55. The number of methoxy groups -OCH3 is 1. The number of hydrogen-bond acceptors (Lipinski definition) is 4. The lowest BCUT2D eigenvalue weighted by Crippen LogP contribution is -2.50. The third-order valence-electron chi connectivity index (χ3n) is 3.33. The Kier molecular flexibility index (Phi) is 4.54. The van der Waals surface area contributed by atoms with E-state index in [9.17, 15) is 14.7 Å². The molecular weight excluding hydrogens is 278 g/mol. The summed E-state index contributed by atoms with van der Waals surface area (Å²) in [5.41, 5.74) is 1.40. The number of carbonyl (C=O) groups excluding carboxylic acids is 1. The normalized spacial score (nSPS) is 18.7. The molecule has 0 radical (unpaired) electrons. The largest absolute Gasteiger partial charge is 0.496 e. The molecular formula is C14H17NO4S. The van der Waals surface area contributed by atoms with Gasteiger partial charge in [0.2, 0.25) is 0 Å². The minimum absolute atomic E-state index is 0.254. The number of aliphatic carboxylic acids is 1. The molecule has 1 saturated heterocycles. The van der Waals surface area contributed by atoms with Crippen molar-refractivity contribution in [3.8, 4) is 5.75 Å². The first-order valence-electron chi connectivity index (χ1n) is 6.30. The lowest BCUT2D eigenvalue weighted by atomic mass is 10.1. The summed E-state index contributed by atoms with van der Waals surface area (Å²) in [5.74, 6) is 0.623. The second-order valence-corrected chi connectivity index (χ2v) is 5.76. The Morgan fingerprint density at radius 1 is 1.45 bits per heavy atom. The fourth-order valence-electron chi connectivity index (χ4n) is 2.17. The highest BCUT2D eigenvalue weighted by Gasteiger charge is 2.33. The highest BCUT2D eigenvalue weighted by Crippen LogP contribution is 2.23. The van der Waals surface area contributed by atoms with Crippen LogP contribution in [0.3, 0.4) is 0 Å². The predicted octanol–water partition coefficient (Wildman–Crippen LogP) is 1.65. The molecule has 1 unspecified atom stereocenters. The van der Waals surface area contributed by atoms with Crippen molar-refractivity contribution in [3.05, 3.63) is 29.3 Å². The van der Waals surface area contributed by atoms with Crippen LogP contribution in [0.2, 0.25) is 0 Å². The molecule has 1 aromatic rings. The van der Waals surface area contributed by atoms with Gasteiger partial charge >= 0.3 is 5.97 Å². The van der Waals surface area contributed by atoms with Gasteiger partial charge in [-0.15, -0.1) is 0 Å². The molecule has 6 heteroatoms. The number of carboxylic acids is 1. The molecule has 1 atom stereocenters. The van der Waals surface area contributed by atoms with Crippen molar-refractivity contribution in [1.82, 2.24) is 4.90 Å². The maximum Gasteiger partial charge on any atom is 0.327 e. The summed E-state index contributed by atoms with van der Waals surface area (Å²) in [4.78, 5) is 25.2. The van der Waals surface area contributed by atoms with Crippen LogP contribution in [-0.2, 0) is 4.79 Å². The van der Waals surface area contributed by atoms with Crippen LogP contribution in [0.25, 0.3) is 0 Å². The molecule has 0 spiro atoms. The molecule has 1 aromatic carbocycles. The van der Waals surface area contributed by atoms with Gasteiger partial charge < -0.3 is 14.7 Å². The predicted molar refractivity (Wildman–Crippen MR) is 77.5 cm³/mol. The maximum atomic E-state index is 12.5. The van der Waals surface area contributed by atoms with E-state index in [0.29, 0.717) is 23.6 Å². The summed E-state index contributed by atoms with van der Waals surface area (Å²) in [5, 5.41) is 9.22. The zero-order valence-corrected chi connectivity index (χ0v) is 12.3. The fraction of sp³-hybridized carbons (Fsp3) is 0.429. The van der Waals surface area contributed by atoms with Crippen molar-refractivity contribution in [1.29, 1.82) is 0 Å². The Morgan fingerprint density at radius 2 is 2.20 bits per heavy atom. The summed E-state index contributed by atoms with van der Waals surface area (Å²) in [6.45, 7) is 2.35. The second-order valence-electron chi connectivity index (χ2n) is 4.61. The molecule has 0 aromatic heterocycles. The number of rotatable bonds is 3. The number of nitrogens with zero attached hydrogens (tertiary/aromatic N) is 1. The first kappa shape index (κ1) is 14.7. The van der Waals surface area contributed by atoms with Gasteiger partial charge in [-0.2, -0.15) is 11.8 Å². The Balaban J connectivity index is 2.27. The Hall–Kier alpha value is -1.69. The molecule has 5 nitrogen and oxygen atoms in total. The molecule has 1 aliphatic rings. The molecule has 1 amide bonds. The molecule has 1 heterocycles. The number of ether oxygens (including phenoxy) is 1. The SMILES string of the molecule is COc1cc(C(=O)N2CCSCC2C(=O)O)ccc1C. The van der Waals surface area contributed by atoms with Crippen LogP contribution in [0, 0.1) is 6.92 Å². The minimum atomic E-state index is -0.954. The number of amides is 1. The number of carbonyl (C=O) groups is 2. The van der Waals surface area contributed by atoms with E-state index in [2.05, 4.69) is 0 Å². The number of carboxylic acid groups (broad SMARTS) is 1. The average molecular weight is 295 g/mol. The van der Waals surface area contributed by atoms with Crippen LogP contribution in [-0.4, -0.2) is 53.1 Å². The van der Waals surface area contributed by atoms with Gasteiger partial charge in [-0.1, -0.05) is 6.07 Å². The van der Waals surface area contributed by atoms with Crippen LogP contribution in [0.15, 0.2) is 18.2 Å². The number of aryl methyl sites for hydroxylation is 1. The van der Waals surface area contributed by atoms with Crippen molar-refractivity contribution in [2.24, 2.45) is 0 Å². The van der Waals surface area contributed by atoms with Crippen molar-refractivity contribution in [3.63, 3.8) is 0 Å². The van der Waals surface area contributed by atoms with Crippen molar-refractivity contribution >= 4 is 23.6 Å². The van der Waals surface area contributed by atoms with Gasteiger partial charge in [-0.3, -0.25) is 4.79 Å². The summed E-state index contributed by atoms with van der Waals surface area (Å²) in [6.07, 6.45) is 0. The molecule has 0 bridgehead atoms. The van der Waals surface area contributed by atoms with E-state index in [1.807, 2.05) is 6.92 Å². The third-order valence-corrected chi connectivity index (χ3v) is 4.35. The summed E-state index contributed by atoms with van der Waals surface area (Å²) in [6, 6.07) is 4.42. The smallest absolute Gasteiger partial charge is 0.327 e. The summed E-state index contributed by atoms with van der Waals surface area (Å²) >= 11 is 1.56. The molecule has 1 fully saturated rings. The van der Waals surface area contributed by atoms with Crippen LogP contribution in [0.5, 0.6) is 5.75 Å². The lowest BCUT2D eigenvalue weighted by Gasteiger charge is -2.32. The first-order valence-corrected chi connectivity index (χ1v) is 7.46. The van der Waals surface area contributed by atoms with Gasteiger partial charge in [-0.05, 0) is 24.6 Å². The van der Waals surface area contributed by atoms with E-state index >= 15 is 0 Å². The topological polar surface area (TPSA) is 66.8 Å². The molecule has 2 rings (SSSR count). The Labute approximate surface area is 121 Å². The standard InChI is InChI=1S/C14H17NO4S/c1-9-3-4-10(7-12(9)19-2)13(16)15-5-6-20-8-11(15)14(17)18/h3-4,7,11H,5-6,8H2,1-2H3,(H,17,18). The number of hydrogen-bond donors (Lipinski definition) is 1. The van der Waals surface area contributed by atoms with Crippen LogP contribution >= 0.6 is 11.8 Å². The second kappa shape index (κ2) is 6.17. The van der Waals surface area contributed by atoms with Crippen LogP contribution in [0.1, 0.15) is 15.9 Å². The zero-order valence-electron chi connectivity index (χ0n) is 11.5. The van der Waals surface area contributed by atoms with Crippen molar-refractivity contribution < 1.29 is 19.4 Å². The van der Waals surface area contributed by atoms with E-state index < -0.39 is 12.0 Å². The van der Waals surface area contributed by atoms with Gasteiger partial charge in [0.05, 0.1) is 7.11 Å². The highest BCUT2D eigenvalue weighted by atomic mass is 32.2. The molecule has 1 aliphatic heterocycles. The Morgan fingerprint density at radius 3 is 2.85 bits per heavy atom.